The number of hydrogen-bond acceptors (Lipinski definition) is 2. The van der Waals surface area contributed by atoms with Gasteiger partial charge in [0.2, 0.25) is 0 Å². The minimum Gasteiger partial charge on any atom is -0.388 e. The third-order valence-electron chi connectivity index (χ3n) is 2.73. The van der Waals surface area contributed by atoms with E-state index in [0.717, 1.165) is 28.6 Å². The highest BCUT2D eigenvalue weighted by Gasteiger charge is 2.12. The Labute approximate surface area is 114 Å². The molecule has 3 heteroatoms. The molecular formula is C14H15BrOS. The van der Waals surface area contributed by atoms with Gasteiger partial charge in [-0.3, -0.25) is 0 Å². The highest BCUT2D eigenvalue weighted by molar-refractivity contribution is 9.10. The summed E-state index contributed by atoms with van der Waals surface area (Å²) < 4.78 is 1.02. The number of halogens is 1. The molecule has 1 nitrogen and oxygen atoms in total. The third-order valence-corrected chi connectivity index (χ3v) is 4.71. The fraction of sp³-hybridized carbons (Fsp3) is 0.286. The number of rotatable bonds is 5. The molecule has 0 radical (unpaired) electrons. The van der Waals surface area contributed by atoms with Crippen LogP contribution < -0.4 is 0 Å². The van der Waals surface area contributed by atoms with Crippen LogP contribution in [0.3, 0.4) is 0 Å². The van der Waals surface area contributed by atoms with Crippen molar-refractivity contribution in [1.82, 2.24) is 0 Å². The minimum absolute atomic E-state index is 0.340. The van der Waals surface area contributed by atoms with Crippen molar-refractivity contribution in [2.24, 2.45) is 0 Å². The Hall–Kier alpha value is -0.640. The average Bonchev–Trinajstić information content (AvgIpc) is 2.77. The van der Waals surface area contributed by atoms with Gasteiger partial charge in [0.1, 0.15) is 0 Å². The lowest BCUT2D eigenvalue weighted by atomic mass is 10.1. The molecule has 1 N–H and O–H groups in total. The van der Waals surface area contributed by atoms with E-state index < -0.39 is 0 Å². The van der Waals surface area contributed by atoms with Crippen molar-refractivity contribution in [3.63, 3.8) is 0 Å². The van der Waals surface area contributed by atoms with Crippen LogP contribution in [0, 0.1) is 0 Å². The molecule has 1 aromatic heterocycles. The van der Waals surface area contributed by atoms with Crippen LogP contribution in [-0.2, 0) is 6.42 Å². The lowest BCUT2D eigenvalue weighted by Gasteiger charge is -2.09. The Morgan fingerprint density at radius 2 is 1.94 bits per heavy atom. The predicted octanol–water partition coefficient (Wildman–Crippen LogP) is 4.57. The van der Waals surface area contributed by atoms with Crippen LogP contribution >= 0.6 is 27.3 Å². The first-order chi connectivity index (χ1) is 8.27. The molecule has 0 amide bonds. The van der Waals surface area contributed by atoms with Crippen LogP contribution in [-0.4, -0.2) is 5.11 Å². The fourth-order valence-electron chi connectivity index (χ4n) is 1.82. The van der Waals surface area contributed by atoms with Gasteiger partial charge >= 0.3 is 0 Å². The summed E-state index contributed by atoms with van der Waals surface area (Å²) in [4.78, 5) is 1.04. The van der Waals surface area contributed by atoms with E-state index >= 15 is 0 Å². The molecule has 2 rings (SSSR count). The van der Waals surface area contributed by atoms with Gasteiger partial charge in [0.25, 0.3) is 0 Å². The third kappa shape index (κ3) is 3.66. The van der Waals surface area contributed by atoms with Gasteiger partial charge in [-0.2, -0.15) is 0 Å². The molecule has 17 heavy (non-hydrogen) atoms. The number of hydrogen-bond donors (Lipinski definition) is 1. The topological polar surface area (TPSA) is 20.2 Å². The van der Waals surface area contributed by atoms with E-state index in [9.17, 15) is 5.11 Å². The largest absolute Gasteiger partial charge is 0.388 e. The Bertz CT molecular complexity index is 452. The second kappa shape index (κ2) is 6.34. The predicted molar refractivity (Wildman–Crippen MR) is 76.4 cm³/mol. The molecule has 1 unspecified atom stereocenters. The van der Waals surface area contributed by atoms with E-state index in [-0.39, 0.29) is 6.10 Å². The van der Waals surface area contributed by atoms with E-state index in [1.165, 1.54) is 5.56 Å². The highest BCUT2D eigenvalue weighted by Crippen LogP contribution is 2.31. The minimum atomic E-state index is -0.340. The zero-order valence-electron chi connectivity index (χ0n) is 9.47. The first kappa shape index (κ1) is 12.8. The standard InChI is InChI=1S/C14H15BrOS/c15-12-9-10-17-14(12)13(16)8-4-7-11-5-2-1-3-6-11/h1-3,5-6,9-10,13,16H,4,7-8H2. The lowest BCUT2D eigenvalue weighted by Crippen LogP contribution is -1.96. The Kier molecular flexibility index (Phi) is 4.77. The quantitative estimate of drug-likeness (QED) is 0.858. The van der Waals surface area contributed by atoms with Gasteiger partial charge < -0.3 is 5.11 Å². The van der Waals surface area contributed by atoms with Crippen molar-refractivity contribution < 1.29 is 5.11 Å². The molecular weight excluding hydrogens is 296 g/mol. The SMILES string of the molecule is OC(CCCc1ccccc1)c1sccc1Br. The summed E-state index contributed by atoms with van der Waals surface area (Å²) in [7, 11) is 0. The van der Waals surface area contributed by atoms with Crippen molar-refractivity contribution in [3.05, 3.63) is 56.7 Å². The van der Waals surface area contributed by atoms with Crippen molar-refractivity contribution in [1.29, 1.82) is 0 Å². The fourth-order valence-corrected chi connectivity index (χ4v) is 3.48. The number of aliphatic hydroxyl groups excluding tert-OH is 1. The summed E-state index contributed by atoms with van der Waals surface area (Å²) in [5.74, 6) is 0. The molecule has 1 heterocycles. The van der Waals surface area contributed by atoms with Gasteiger partial charge in [-0.05, 0) is 52.2 Å². The Morgan fingerprint density at radius 1 is 1.18 bits per heavy atom. The van der Waals surface area contributed by atoms with Gasteiger partial charge in [-0.1, -0.05) is 30.3 Å². The Balaban J connectivity index is 1.81. The monoisotopic (exact) mass is 310 g/mol. The van der Waals surface area contributed by atoms with Crippen LogP contribution in [0.5, 0.6) is 0 Å². The second-order valence-electron chi connectivity index (χ2n) is 4.03. The molecule has 0 fully saturated rings. The van der Waals surface area contributed by atoms with E-state index in [0.29, 0.717) is 0 Å². The summed E-state index contributed by atoms with van der Waals surface area (Å²) in [6, 6.07) is 12.4. The molecule has 0 aliphatic carbocycles. The second-order valence-corrected chi connectivity index (χ2v) is 5.83. The van der Waals surface area contributed by atoms with Crippen LogP contribution in [0.25, 0.3) is 0 Å². The van der Waals surface area contributed by atoms with E-state index in [1.54, 1.807) is 11.3 Å². The van der Waals surface area contributed by atoms with Crippen molar-refractivity contribution in [2.75, 3.05) is 0 Å². The Morgan fingerprint density at radius 3 is 2.59 bits per heavy atom. The number of aliphatic hydroxyl groups is 1. The van der Waals surface area contributed by atoms with Crippen LogP contribution in [0.15, 0.2) is 46.3 Å². The summed E-state index contributed by atoms with van der Waals surface area (Å²) in [5, 5.41) is 12.0. The summed E-state index contributed by atoms with van der Waals surface area (Å²) >= 11 is 5.06. The molecule has 0 aliphatic heterocycles. The molecule has 1 atom stereocenters. The average molecular weight is 311 g/mol. The van der Waals surface area contributed by atoms with E-state index in [1.807, 2.05) is 17.5 Å². The van der Waals surface area contributed by atoms with Crippen molar-refractivity contribution in [2.45, 2.75) is 25.4 Å². The van der Waals surface area contributed by atoms with E-state index in [2.05, 4.69) is 40.2 Å². The smallest absolute Gasteiger partial charge is 0.0893 e. The zero-order valence-corrected chi connectivity index (χ0v) is 11.9. The first-order valence-corrected chi connectivity index (χ1v) is 7.39. The molecule has 0 saturated carbocycles. The number of aryl methyl sites for hydroxylation is 1. The maximum Gasteiger partial charge on any atom is 0.0893 e. The summed E-state index contributed by atoms with van der Waals surface area (Å²) in [6.07, 6.45) is 2.51. The van der Waals surface area contributed by atoms with Gasteiger partial charge in [-0.25, -0.2) is 0 Å². The number of benzene rings is 1. The molecule has 0 spiro atoms. The molecule has 1 aromatic carbocycles. The summed E-state index contributed by atoms with van der Waals surface area (Å²) in [6.45, 7) is 0. The normalized spacial score (nSPS) is 12.6. The summed E-state index contributed by atoms with van der Waals surface area (Å²) in [5.41, 5.74) is 1.34. The lowest BCUT2D eigenvalue weighted by molar-refractivity contribution is 0.168. The molecule has 2 aromatic rings. The first-order valence-electron chi connectivity index (χ1n) is 5.72. The van der Waals surface area contributed by atoms with Gasteiger partial charge in [-0.15, -0.1) is 11.3 Å². The van der Waals surface area contributed by atoms with Crippen LogP contribution in [0.2, 0.25) is 0 Å². The zero-order chi connectivity index (χ0) is 12.1. The number of thiophene rings is 1. The molecule has 0 saturated heterocycles. The van der Waals surface area contributed by atoms with Gasteiger partial charge in [0, 0.05) is 9.35 Å². The highest BCUT2D eigenvalue weighted by atomic mass is 79.9. The van der Waals surface area contributed by atoms with Crippen molar-refractivity contribution in [3.8, 4) is 0 Å². The van der Waals surface area contributed by atoms with Gasteiger partial charge in [0.05, 0.1) is 6.10 Å². The van der Waals surface area contributed by atoms with E-state index in [4.69, 9.17) is 0 Å². The maximum absolute atomic E-state index is 10.0. The molecule has 0 aliphatic rings. The molecule has 0 bridgehead atoms. The van der Waals surface area contributed by atoms with Crippen LogP contribution in [0.1, 0.15) is 29.4 Å². The maximum atomic E-state index is 10.0. The van der Waals surface area contributed by atoms with Gasteiger partial charge in [0.15, 0.2) is 0 Å². The molecule has 90 valence electrons. The van der Waals surface area contributed by atoms with Crippen molar-refractivity contribution >= 4 is 27.3 Å². The van der Waals surface area contributed by atoms with Crippen LogP contribution in [0.4, 0.5) is 0 Å².